The van der Waals surface area contributed by atoms with Gasteiger partial charge in [-0.1, -0.05) is 0 Å². The monoisotopic (exact) mass is 329 g/mol. The normalized spacial score (nSPS) is 23.1. The molecule has 1 unspecified atom stereocenters. The summed E-state index contributed by atoms with van der Waals surface area (Å²) in [6.45, 7) is 4.37. The predicted molar refractivity (Wildman–Crippen MR) is 87.5 cm³/mol. The Balaban J connectivity index is 1.22. The second-order valence-corrected chi connectivity index (χ2v) is 6.78. The summed E-state index contributed by atoms with van der Waals surface area (Å²) in [5.74, 6) is 1.67. The topological polar surface area (TPSA) is 60.6 Å². The van der Waals surface area contributed by atoms with E-state index < -0.39 is 0 Å². The minimum Gasteiger partial charge on any atom is -0.468 e. The molecular formula is C18H23N3O3. The maximum atomic E-state index is 6.11. The van der Waals surface area contributed by atoms with Gasteiger partial charge in [-0.25, -0.2) is 9.97 Å². The summed E-state index contributed by atoms with van der Waals surface area (Å²) >= 11 is 0. The SMILES string of the molecule is c1cnc(OCCC2CCOC3(C2)CN(Cc2ccco2)C3)nc1. The highest BCUT2D eigenvalue weighted by molar-refractivity contribution is 5.05. The molecule has 0 aromatic carbocycles. The van der Waals surface area contributed by atoms with E-state index in [4.69, 9.17) is 13.9 Å². The van der Waals surface area contributed by atoms with Crippen LogP contribution in [-0.4, -0.2) is 46.8 Å². The summed E-state index contributed by atoms with van der Waals surface area (Å²) in [6.07, 6.45) is 8.39. The van der Waals surface area contributed by atoms with Gasteiger partial charge in [-0.05, 0) is 43.4 Å². The average molecular weight is 329 g/mol. The van der Waals surface area contributed by atoms with Gasteiger partial charge in [0.15, 0.2) is 0 Å². The Morgan fingerprint density at radius 2 is 2.12 bits per heavy atom. The number of hydrogen-bond donors (Lipinski definition) is 0. The first kappa shape index (κ1) is 15.6. The van der Waals surface area contributed by atoms with E-state index in [-0.39, 0.29) is 5.60 Å². The number of furan rings is 1. The summed E-state index contributed by atoms with van der Waals surface area (Å²) in [7, 11) is 0. The van der Waals surface area contributed by atoms with Crippen LogP contribution in [0.1, 0.15) is 25.0 Å². The van der Waals surface area contributed by atoms with Crippen LogP contribution in [0.2, 0.25) is 0 Å². The molecule has 24 heavy (non-hydrogen) atoms. The molecule has 2 fully saturated rings. The van der Waals surface area contributed by atoms with Gasteiger partial charge < -0.3 is 13.9 Å². The minimum absolute atomic E-state index is 0.0404. The lowest BCUT2D eigenvalue weighted by Crippen LogP contribution is -2.64. The maximum absolute atomic E-state index is 6.11. The van der Waals surface area contributed by atoms with E-state index in [1.165, 1.54) is 0 Å². The van der Waals surface area contributed by atoms with Gasteiger partial charge in [-0.2, -0.15) is 0 Å². The van der Waals surface area contributed by atoms with E-state index in [9.17, 15) is 0 Å². The fourth-order valence-electron chi connectivity index (χ4n) is 3.78. The van der Waals surface area contributed by atoms with Crippen molar-refractivity contribution >= 4 is 0 Å². The quantitative estimate of drug-likeness (QED) is 0.811. The van der Waals surface area contributed by atoms with Crippen molar-refractivity contribution in [1.29, 1.82) is 0 Å². The molecule has 1 atom stereocenters. The summed E-state index contributed by atoms with van der Waals surface area (Å²) in [5.41, 5.74) is 0.0404. The third kappa shape index (κ3) is 3.60. The van der Waals surface area contributed by atoms with Crippen LogP contribution in [0.5, 0.6) is 6.01 Å². The average Bonchev–Trinajstić information content (AvgIpc) is 3.08. The molecule has 2 saturated heterocycles. The van der Waals surface area contributed by atoms with Gasteiger partial charge in [-0.3, -0.25) is 4.90 Å². The molecule has 2 aliphatic heterocycles. The third-order valence-electron chi connectivity index (χ3n) is 4.88. The summed E-state index contributed by atoms with van der Waals surface area (Å²) < 4.78 is 17.2. The van der Waals surface area contributed by atoms with Crippen LogP contribution < -0.4 is 4.74 Å². The van der Waals surface area contributed by atoms with Crippen molar-refractivity contribution in [3.05, 3.63) is 42.6 Å². The van der Waals surface area contributed by atoms with Crippen LogP contribution in [-0.2, 0) is 11.3 Å². The Labute approximate surface area is 141 Å². The van der Waals surface area contributed by atoms with Crippen molar-refractivity contribution in [2.24, 2.45) is 5.92 Å². The fourth-order valence-corrected chi connectivity index (χ4v) is 3.78. The van der Waals surface area contributed by atoms with Crippen LogP contribution in [0.15, 0.2) is 41.3 Å². The molecule has 2 aromatic rings. The molecule has 0 N–H and O–H groups in total. The standard InChI is InChI=1S/C18H23N3O3/c1-3-16(22-8-1)12-21-13-18(14-21)11-15(5-10-24-18)4-9-23-17-19-6-2-7-20-17/h1-3,6-8,15H,4-5,9-14H2. The number of nitrogens with zero attached hydrogens (tertiary/aromatic N) is 3. The van der Waals surface area contributed by atoms with Gasteiger partial charge >= 0.3 is 6.01 Å². The Morgan fingerprint density at radius 1 is 1.25 bits per heavy atom. The minimum atomic E-state index is 0.0404. The summed E-state index contributed by atoms with van der Waals surface area (Å²) in [5, 5.41) is 0. The van der Waals surface area contributed by atoms with Crippen LogP contribution >= 0.6 is 0 Å². The molecule has 4 heterocycles. The molecule has 0 aliphatic carbocycles. The molecule has 2 aliphatic rings. The van der Waals surface area contributed by atoms with Crippen molar-refractivity contribution in [2.45, 2.75) is 31.4 Å². The highest BCUT2D eigenvalue weighted by Crippen LogP contribution is 2.38. The second-order valence-electron chi connectivity index (χ2n) is 6.78. The largest absolute Gasteiger partial charge is 0.468 e. The molecule has 6 heteroatoms. The zero-order valence-corrected chi connectivity index (χ0v) is 13.8. The lowest BCUT2D eigenvalue weighted by atomic mass is 9.79. The lowest BCUT2D eigenvalue weighted by molar-refractivity contribution is -0.182. The molecule has 4 rings (SSSR count). The van der Waals surface area contributed by atoms with Gasteiger partial charge in [0.05, 0.1) is 25.0 Å². The van der Waals surface area contributed by atoms with E-state index in [2.05, 4.69) is 14.9 Å². The molecule has 2 aromatic heterocycles. The molecule has 6 nitrogen and oxygen atoms in total. The Hall–Kier alpha value is -1.92. The second kappa shape index (κ2) is 6.91. The van der Waals surface area contributed by atoms with E-state index in [1.54, 1.807) is 24.7 Å². The molecule has 0 saturated carbocycles. The van der Waals surface area contributed by atoms with Gasteiger partial charge in [0.2, 0.25) is 0 Å². The van der Waals surface area contributed by atoms with E-state index in [1.807, 2.05) is 12.1 Å². The molecule has 1 spiro atoms. The molecular weight excluding hydrogens is 306 g/mol. The van der Waals surface area contributed by atoms with E-state index in [0.29, 0.717) is 18.5 Å². The molecule has 0 bridgehead atoms. The highest BCUT2D eigenvalue weighted by Gasteiger charge is 2.47. The van der Waals surface area contributed by atoms with E-state index in [0.717, 1.165) is 51.3 Å². The number of rotatable bonds is 6. The molecule has 0 amide bonds. The van der Waals surface area contributed by atoms with Gasteiger partial charge in [0, 0.05) is 32.1 Å². The zero-order valence-electron chi connectivity index (χ0n) is 13.8. The van der Waals surface area contributed by atoms with Gasteiger partial charge in [0.1, 0.15) is 5.76 Å². The third-order valence-corrected chi connectivity index (χ3v) is 4.88. The highest BCUT2D eigenvalue weighted by atomic mass is 16.5. The predicted octanol–water partition coefficient (Wildman–Crippen LogP) is 2.52. The van der Waals surface area contributed by atoms with Crippen LogP contribution in [0, 0.1) is 5.92 Å². The Bertz CT molecular complexity index is 626. The van der Waals surface area contributed by atoms with Crippen molar-refractivity contribution in [3.8, 4) is 6.01 Å². The van der Waals surface area contributed by atoms with Crippen LogP contribution in [0.3, 0.4) is 0 Å². The number of likely N-dealkylation sites (tertiary alicyclic amines) is 1. The van der Waals surface area contributed by atoms with Crippen molar-refractivity contribution < 1.29 is 13.9 Å². The molecule has 128 valence electrons. The summed E-state index contributed by atoms with van der Waals surface area (Å²) in [4.78, 5) is 10.6. The Morgan fingerprint density at radius 3 is 2.92 bits per heavy atom. The Kier molecular flexibility index (Phi) is 4.49. The van der Waals surface area contributed by atoms with Crippen molar-refractivity contribution in [1.82, 2.24) is 14.9 Å². The smallest absolute Gasteiger partial charge is 0.316 e. The van der Waals surface area contributed by atoms with Gasteiger partial charge in [-0.15, -0.1) is 0 Å². The fraction of sp³-hybridized carbons (Fsp3) is 0.556. The van der Waals surface area contributed by atoms with E-state index >= 15 is 0 Å². The molecule has 0 radical (unpaired) electrons. The number of aromatic nitrogens is 2. The first-order valence-electron chi connectivity index (χ1n) is 8.60. The van der Waals surface area contributed by atoms with Crippen molar-refractivity contribution in [2.75, 3.05) is 26.3 Å². The van der Waals surface area contributed by atoms with Crippen LogP contribution in [0.4, 0.5) is 0 Å². The van der Waals surface area contributed by atoms with Crippen molar-refractivity contribution in [3.63, 3.8) is 0 Å². The number of ether oxygens (including phenoxy) is 2. The lowest BCUT2D eigenvalue weighted by Gasteiger charge is -2.53. The first-order valence-corrected chi connectivity index (χ1v) is 8.60. The zero-order chi connectivity index (χ0) is 16.2. The van der Waals surface area contributed by atoms with Gasteiger partial charge in [0.25, 0.3) is 0 Å². The van der Waals surface area contributed by atoms with Crippen LogP contribution in [0.25, 0.3) is 0 Å². The summed E-state index contributed by atoms with van der Waals surface area (Å²) in [6, 6.07) is 6.22. The first-order chi connectivity index (χ1) is 11.8. The number of hydrogen-bond acceptors (Lipinski definition) is 6. The maximum Gasteiger partial charge on any atom is 0.316 e.